The largest absolute Gasteiger partial charge is 0.469 e. The van der Waals surface area contributed by atoms with Gasteiger partial charge in [0.05, 0.1) is 13.0 Å². The molecule has 1 heterocycles. The standard InChI is InChI=1S/C16H19F3N2O2/c1-23-14(22)11-7-9-13(10-8-11)21-15(20-21,16(17,18)19)12-5-3-2-4-6-12/h2-6,11,13,20H,7-10H2,1H3. The highest BCUT2D eigenvalue weighted by molar-refractivity contribution is 5.72. The summed E-state index contributed by atoms with van der Waals surface area (Å²) in [5, 5.41) is 1.30. The first-order valence-electron chi connectivity index (χ1n) is 7.67. The summed E-state index contributed by atoms with van der Waals surface area (Å²) in [7, 11) is 1.34. The fourth-order valence-electron chi connectivity index (χ4n) is 3.50. The Bertz CT molecular complexity index is 570. The Balaban J connectivity index is 1.74. The molecule has 0 bridgehead atoms. The molecule has 1 aromatic rings. The molecule has 0 amide bonds. The fraction of sp³-hybridized carbons (Fsp3) is 0.562. The average molecular weight is 328 g/mol. The zero-order valence-corrected chi connectivity index (χ0v) is 12.8. The normalized spacial score (nSPS) is 34.0. The van der Waals surface area contributed by atoms with Crippen LogP contribution >= 0.6 is 0 Å². The molecule has 1 saturated heterocycles. The van der Waals surface area contributed by atoms with Gasteiger partial charge in [0.25, 0.3) is 0 Å². The highest BCUT2D eigenvalue weighted by Crippen LogP contribution is 2.52. The predicted molar refractivity (Wildman–Crippen MR) is 76.9 cm³/mol. The third-order valence-electron chi connectivity index (χ3n) is 4.79. The quantitative estimate of drug-likeness (QED) is 0.685. The molecule has 7 heteroatoms. The van der Waals surface area contributed by atoms with Gasteiger partial charge in [-0.3, -0.25) is 4.79 Å². The van der Waals surface area contributed by atoms with Gasteiger partial charge in [-0.1, -0.05) is 30.3 Å². The van der Waals surface area contributed by atoms with Crippen LogP contribution in [0.5, 0.6) is 0 Å². The minimum Gasteiger partial charge on any atom is -0.469 e. The van der Waals surface area contributed by atoms with E-state index in [1.54, 1.807) is 18.2 Å². The molecule has 2 unspecified atom stereocenters. The average Bonchev–Trinajstić information content (AvgIpc) is 3.32. The van der Waals surface area contributed by atoms with E-state index in [-0.39, 0.29) is 23.5 Å². The number of halogens is 3. The minimum absolute atomic E-state index is 0.197. The van der Waals surface area contributed by atoms with Gasteiger partial charge in [-0.15, -0.1) is 0 Å². The molecule has 3 rings (SSSR count). The number of carbonyl (C=O) groups excluding carboxylic acids is 1. The lowest BCUT2D eigenvalue weighted by Gasteiger charge is -2.29. The first-order chi connectivity index (χ1) is 10.9. The van der Waals surface area contributed by atoms with Crippen LogP contribution in [0.15, 0.2) is 30.3 Å². The summed E-state index contributed by atoms with van der Waals surface area (Å²) in [6, 6.07) is 7.64. The lowest BCUT2D eigenvalue weighted by atomic mass is 9.85. The number of rotatable bonds is 3. The summed E-state index contributed by atoms with van der Waals surface area (Å²) in [6.07, 6.45) is -2.22. The van der Waals surface area contributed by atoms with Gasteiger partial charge in [0.15, 0.2) is 0 Å². The number of hydrogen-bond donors (Lipinski definition) is 1. The topological polar surface area (TPSA) is 51.2 Å². The highest BCUT2D eigenvalue weighted by atomic mass is 19.4. The summed E-state index contributed by atoms with van der Waals surface area (Å²) in [5.74, 6) is -0.472. The molecule has 1 aromatic carbocycles. The molecule has 2 aliphatic rings. The predicted octanol–water partition coefficient (Wildman–Crippen LogP) is 2.95. The van der Waals surface area contributed by atoms with Crippen LogP contribution in [0, 0.1) is 5.92 Å². The number of nitrogens with one attached hydrogen (secondary N) is 1. The molecule has 1 aliphatic heterocycles. The van der Waals surface area contributed by atoms with E-state index in [2.05, 4.69) is 5.43 Å². The van der Waals surface area contributed by atoms with Crippen LogP contribution in [-0.4, -0.2) is 30.3 Å². The molecule has 23 heavy (non-hydrogen) atoms. The SMILES string of the molecule is COC(=O)C1CCC(N2NC2(c2ccccc2)C(F)(F)F)CC1. The number of hydrazine groups is 1. The number of nitrogens with zero attached hydrogens (tertiary/aromatic N) is 1. The second-order valence-corrected chi connectivity index (χ2v) is 6.08. The molecule has 1 N–H and O–H groups in total. The van der Waals surface area contributed by atoms with Gasteiger partial charge in [0.1, 0.15) is 0 Å². The highest BCUT2D eigenvalue weighted by Gasteiger charge is 2.72. The molecule has 4 nitrogen and oxygen atoms in total. The molecule has 0 aromatic heterocycles. The van der Waals surface area contributed by atoms with Crippen molar-refractivity contribution in [3.63, 3.8) is 0 Å². The first-order valence-corrected chi connectivity index (χ1v) is 7.67. The molecular formula is C16H19F3N2O2. The van der Waals surface area contributed by atoms with Crippen molar-refractivity contribution in [3.05, 3.63) is 35.9 Å². The van der Waals surface area contributed by atoms with E-state index in [9.17, 15) is 18.0 Å². The molecule has 126 valence electrons. The van der Waals surface area contributed by atoms with Gasteiger partial charge in [-0.05, 0) is 31.2 Å². The van der Waals surface area contributed by atoms with Crippen LogP contribution in [0.25, 0.3) is 0 Å². The number of esters is 1. The first kappa shape index (κ1) is 16.3. The van der Waals surface area contributed by atoms with E-state index >= 15 is 0 Å². The van der Waals surface area contributed by atoms with Crippen LogP contribution in [0.2, 0.25) is 0 Å². The Morgan fingerprint density at radius 3 is 2.35 bits per heavy atom. The van der Waals surface area contributed by atoms with Crippen LogP contribution < -0.4 is 5.43 Å². The number of benzene rings is 1. The van der Waals surface area contributed by atoms with Gasteiger partial charge < -0.3 is 4.74 Å². The van der Waals surface area contributed by atoms with E-state index in [0.717, 1.165) is 0 Å². The Labute approximate surface area is 132 Å². The van der Waals surface area contributed by atoms with Crippen molar-refractivity contribution in [2.45, 2.75) is 43.6 Å². The minimum atomic E-state index is -4.41. The fourth-order valence-corrected chi connectivity index (χ4v) is 3.50. The number of alkyl halides is 3. The summed E-state index contributed by atoms with van der Waals surface area (Å²) in [6.45, 7) is 0. The van der Waals surface area contributed by atoms with Gasteiger partial charge >= 0.3 is 12.1 Å². The molecule has 0 radical (unpaired) electrons. The number of ether oxygens (including phenoxy) is 1. The van der Waals surface area contributed by atoms with Gasteiger partial charge in [0, 0.05) is 6.04 Å². The van der Waals surface area contributed by atoms with Crippen molar-refractivity contribution in [2.75, 3.05) is 7.11 Å². The van der Waals surface area contributed by atoms with Crippen molar-refractivity contribution in [2.24, 2.45) is 5.92 Å². The lowest BCUT2D eigenvalue weighted by molar-refractivity contribution is -0.178. The number of carbonyl (C=O) groups is 1. The zero-order chi connectivity index (χ0) is 16.7. The van der Waals surface area contributed by atoms with E-state index < -0.39 is 11.8 Å². The Morgan fingerprint density at radius 1 is 1.22 bits per heavy atom. The maximum atomic E-state index is 13.7. The zero-order valence-electron chi connectivity index (χ0n) is 12.8. The van der Waals surface area contributed by atoms with Gasteiger partial charge in [-0.25, -0.2) is 10.4 Å². The van der Waals surface area contributed by atoms with Crippen molar-refractivity contribution < 1.29 is 22.7 Å². The maximum Gasteiger partial charge on any atom is 0.426 e. The third kappa shape index (κ3) is 2.72. The molecular weight excluding hydrogens is 309 g/mol. The molecule has 1 aliphatic carbocycles. The smallest absolute Gasteiger partial charge is 0.426 e. The summed E-state index contributed by atoms with van der Waals surface area (Å²) in [4.78, 5) is 11.5. The van der Waals surface area contributed by atoms with Crippen molar-refractivity contribution in [1.82, 2.24) is 10.4 Å². The van der Waals surface area contributed by atoms with Crippen molar-refractivity contribution >= 4 is 5.97 Å². The van der Waals surface area contributed by atoms with Crippen LogP contribution in [0.4, 0.5) is 13.2 Å². The Kier molecular flexibility index (Phi) is 4.10. The molecule has 2 fully saturated rings. The summed E-state index contributed by atoms with van der Waals surface area (Å²) < 4.78 is 45.7. The lowest BCUT2D eigenvalue weighted by Crippen LogP contribution is -2.39. The molecule has 2 atom stereocenters. The molecule has 1 saturated carbocycles. The number of methoxy groups -OCH3 is 1. The molecule has 0 spiro atoms. The van der Waals surface area contributed by atoms with E-state index in [1.807, 2.05) is 0 Å². The second-order valence-electron chi connectivity index (χ2n) is 6.08. The Hall–Kier alpha value is -1.60. The van der Waals surface area contributed by atoms with Crippen LogP contribution in [0.1, 0.15) is 31.2 Å². The van der Waals surface area contributed by atoms with Crippen LogP contribution in [0.3, 0.4) is 0 Å². The summed E-state index contributed by atoms with van der Waals surface area (Å²) >= 11 is 0. The van der Waals surface area contributed by atoms with E-state index in [1.165, 1.54) is 24.3 Å². The Morgan fingerprint density at radius 2 is 1.83 bits per heavy atom. The number of hydrogen-bond acceptors (Lipinski definition) is 4. The summed E-state index contributed by atoms with van der Waals surface area (Å²) in [5.41, 5.74) is 0.655. The van der Waals surface area contributed by atoms with Gasteiger partial charge in [-0.2, -0.15) is 13.2 Å². The van der Waals surface area contributed by atoms with Crippen molar-refractivity contribution in [1.29, 1.82) is 0 Å². The maximum absolute atomic E-state index is 13.7. The van der Waals surface area contributed by atoms with E-state index in [4.69, 9.17) is 4.74 Å². The van der Waals surface area contributed by atoms with Crippen molar-refractivity contribution in [3.8, 4) is 0 Å². The third-order valence-corrected chi connectivity index (χ3v) is 4.79. The van der Waals surface area contributed by atoms with E-state index in [0.29, 0.717) is 25.7 Å². The van der Waals surface area contributed by atoms with Crippen LogP contribution in [-0.2, 0) is 15.2 Å². The second kappa shape index (κ2) is 5.79. The monoisotopic (exact) mass is 328 g/mol. The van der Waals surface area contributed by atoms with Gasteiger partial charge in [0.2, 0.25) is 5.66 Å².